The van der Waals surface area contributed by atoms with Crippen molar-refractivity contribution in [1.29, 1.82) is 0 Å². The van der Waals surface area contributed by atoms with Gasteiger partial charge in [0.1, 0.15) is 0 Å². The van der Waals surface area contributed by atoms with E-state index in [0.717, 1.165) is 65.6 Å². The summed E-state index contributed by atoms with van der Waals surface area (Å²) in [5.74, 6) is -0.243. The van der Waals surface area contributed by atoms with Gasteiger partial charge in [0.05, 0.1) is 0 Å². The second kappa shape index (κ2) is 12.9. The number of benzene rings is 2. The molecule has 0 aromatic heterocycles. The van der Waals surface area contributed by atoms with E-state index in [1.165, 1.54) is 0 Å². The average Bonchev–Trinajstić information content (AvgIpc) is 2.82. The van der Waals surface area contributed by atoms with E-state index in [1.807, 2.05) is 43.3 Å². The van der Waals surface area contributed by atoms with Crippen LogP contribution in [0.15, 0.2) is 54.8 Å². The molecule has 0 aliphatic heterocycles. The van der Waals surface area contributed by atoms with Crippen molar-refractivity contribution in [1.82, 2.24) is 4.90 Å². The third kappa shape index (κ3) is 7.03. The molecule has 34 heavy (non-hydrogen) atoms. The minimum absolute atomic E-state index is 0.287. The number of aryl methyl sites for hydroxylation is 1. The van der Waals surface area contributed by atoms with E-state index < -0.39 is 26.0 Å². The monoisotopic (exact) mass is 570 g/mol. The van der Waals surface area contributed by atoms with Crippen LogP contribution >= 0.6 is 0 Å². The molecule has 1 aliphatic carbocycles. The molecule has 3 rings (SSSR count). The Morgan fingerprint density at radius 1 is 1.24 bits per heavy atom. The van der Waals surface area contributed by atoms with Crippen LogP contribution in [-0.2, 0) is 20.7 Å². The van der Waals surface area contributed by atoms with Gasteiger partial charge in [-0.15, -0.1) is 0 Å². The van der Waals surface area contributed by atoms with E-state index in [9.17, 15) is 13.0 Å². The number of carbonyl (C=O) groups is 1. The fourth-order valence-electron chi connectivity index (χ4n) is 4.27. The van der Waals surface area contributed by atoms with Crippen LogP contribution in [0, 0.1) is 0 Å². The number of nitrogens with one attached hydrogen (secondary N) is 1. The summed E-state index contributed by atoms with van der Waals surface area (Å²) in [4.78, 5) is 14.3. The van der Waals surface area contributed by atoms with Gasteiger partial charge >= 0.3 is 210 Å². The minimum atomic E-state index is -3.57. The SMILES string of the molecule is C=C(C)OCCN(CC)C/C=C\c1cccc[c]1[Sn](=[O])[NH]c1ccc2c(c1C(=O)O)CCCC2. The van der Waals surface area contributed by atoms with Gasteiger partial charge < -0.3 is 0 Å². The van der Waals surface area contributed by atoms with Crippen LogP contribution in [0.5, 0.6) is 0 Å². The predicted molar refractivity (Wildman–Crippen MR) is 138 cm³/mol. The number of hydrogen-bond acceptors (Lipinski definition) is 4. The third-order valence-corrected chi connectivity index (χ3v) is 10.2. The Hall–Kier alpha value is -2.45. The Morgan fingerprint density at radius 2 is 2.00 bits per heavy atom. The standard InChI is InChI=1S/C16H22NO.C11H12NO2.O.Sn/c1-4-17(13-14-18-15(2)3)12-8-11-16-9-6-5-7-10-16;12-9-6-5-7-3-1-2-4-8(7)10(9)11(13)14;;/h5-9,11H,2,4,12-14H2,1,3H3;5-6,12H,1-4H2,(H,13,14);;/q;-1;;+1/b11-8-;;;. The molecule has 0 heterocycles. The van der Waals surface area contributed by atoms with Gasteiger partial charge in [0, 0.05) is 0 Å². The molecule has 7 heteroatoms. The first kappa shape index (κ1) is 26.2. The summed E-state index contributed by atoms with van der Waals surface area (Å²) >= 11 is -3.57. The van der Waals surface area contributed by atoms with E-state index in [2.05, 4.69) is 28.0 Å². The van der Waals surface area contributed by atoms with E-state index in [0.29, 0.717) is 18.1 Å². The van der Waals surface area contributed by atoms with Crippen LogP contribution in [0.3, 0.4) is 0 Å². The average molecular weight is 569 g/mol. The van der Waals surface area contributed by atoms with Gasteiger partial charge in [0.2, 0.25) is 0 Å². The van der Waals surface area contributed by atoms with Gasteiger partial charge in [-0.2, -0.15) is 0 Å². The number of anilines is 1. The second-order valence-corrected chi connectivity index (χ2v) is 12.7. The third-order valence-electron chi connectivity index (χ3n) is 6.06. The summed E-state index contributed by atoms with van der Waals surface area (Å²) in [5, 5.41) is 9.89. The first-order valence-corrected chi connectivity index (χ1v) is 15.9. The molecule has 0 spiro atoms. The number of fused-ring (bicyclic) bond motifs is 1. The Bertz CT molecular complexity index is 1080. The molecule has 2 aromatic carbocycles. The van der Waals surface area contributed by atoms with E-state index in [1.54, 1.807) is 6.07 Å². The first-order valence-electron chi connectivity index (χ1n) is 11.9. The molecule has 0 saturated carbocycles. The summed E-state index contributed by atoms with van der Waals surface area (Å²) in [6, 6.07) is 11.4. The zero-order valence-electron chi connectivity index (χ0n) is 20.1. The van der Waals surface area contributed by atoms with E-state index >= 15 is 0 Å². The molecule has 180 valence electrons. The molecule has 0 atom stereocenters. The van der Waals surface area contributed by atoms with Gasteiger partial charge in [-0.25, -0.2) is 0 Å². The molecule has 6 nitrogen and oxygen atoms in total. The Morgan fingerprint density at radius 3 is 2.74 bits per heavy atom. The molecule has 2 N–H and O–H groups in total. The molecule has 1 aliphatic rings. The molecule has 0 radical (unpaired) electrons. The van der Waals surface area contributed by atoms with Crippen molar-refractivity contribution in [3.63, 3.8) is 0 Å². The molecule has 0 unspecified atom stereocenters. The number of likely N-dealkylation sites (N-methyl/N-ethyl adjacent to an activating group) is 1. The van der Waals surface area contributed by atoms with Crippen molar-refractivity contribution in [2.45, 2.75) is 39.5 Å². The van der Waals surface area contributed by atoms with Crippen LogP contribution in [0.4, 0.5) is 5.69 Å². The quantitative estimate of drug-likeness (QED) is 0.292. The zero-order valence-corrected chi connectivity index (χ0v) is 23.0. The summed E-state index contributed by atoms with van der Waals surface area (Å²) < 4.78 is 22.8. The van der Waals surface area contributed by atoms with Gasteiger partial charge in [-0.3, -0.25) is 0 Å². The van der Waals surface area contributed by atoms with Crippen LogP contribution in [-0.4, -0.2) is 62.2 Å². The normalized spacial score (nSPS) is 13.0. The number of carboxylic acids is 1. The Balaban J connectivity index is 1.74. The van der Waals surface area contributed by atoms with Crippen LogP contribution in [0.25, 0.3) is 6.08 Å². The predicted octanol–water partition coefficient (Wildman–Crippen LogP) is 4.39. The van der Waals surface area contributed by atoms with Crippen LogP contribution in [0.1, 0.15) is 53.7 Å². The number of aromatic carboxylic acids is 1. The van der Waals surface area contributed by atoms with Crippen molar-refractivity contribution in [2.75, 3.05) is 29.8 Å². The number of allylic oxidation sites excluding steroid dienone is 1. The van der Waals surface area contributed by atoms with Crippen molar-refractivity contribution in [2.24, 2.45) is 0 Å². The molecule has 0 saturated heterocycles. The van der Waals surface area contributed by atoms with Crippen molar-refractivity contribution in [3.05, 3.63) is 77.1 Å². The summed E-state index contributed by atoms with van der Waals surface area (Å²) in [7, 11) is 0. The fraction of sp³-hybridized carbons (Fsp3) is 0.370. The van der Waals surface area contributed by atoms with Gasteiger partial charge in [-0.1, -0.05) is 0 Å². The molecule has 2 aromatic rings. The summed E-state index contributed by atoms with van der Waals surface area (Å²) in [6.45, 7) is 10.8. The van der Waals surface area contributed by atoms with Crippen molar-refractivity contribution in [3.8, 4) is 0 Å². The maximum atomic E-state index is 13.4. The van der Waals surface area contributed by atoms with Crippen LogP contribution < -0.4 is 7.12 Å². The maximum absolute atomic E-state index is 13.4. The number of ether oxygens (including phenoxy) is 1. The first-order chi connectivity index (χ1) is 16.4. The van der Waals surface area contributed by atoms with E-state index in [-0.39, 0.29) is 5.56 Å². The van der Waals surface area contributed by atoms with Crippen LogP contribution in [0.2, 0.25) is 0 Å². The van der Waals surface area contributed by atoms with E-state index in [4.69, 9.17) is 4.74 Å². The van der Waals surface area contributed by atoms with Gasteiger partial charge in [0.25, 0.3) is 0 Å². The Labute approximate surface area is 209 Å². The fourth-order valence-corrected chi connectivity index (χ4v) is 7.88. The summed E-state index contributed by atoms with van der Waals surface area (Å²) in [5.41, 5.74) is 3.66. The molecule has 0 amide bonds. The van der Waals surface area contributed by atoms with Gasteiger partial charge in [-0.05, 0) is 0 Å². The Kier molecular flexibility index (Phi) is 9.89. The molecular weight excluding hydrogens is 535 g/mol. The van der Waals surface area contributed by atoms with Gasteiger partial charge in [0.15, 0.2) is 0 Å². The molecule has 0 fully saturated rings. The van der Waals surface area contributed by atoms with Crippen molar-refractivity contribution < 1.29 is 17.7 Å². The topological polar surface area (TPSA) is 78.9 Å². The number of nitrogens with zero attached hydrogens (tertiary/aromatic N) is 1. The zero-order chi connectivity index (χ0) is 24.5. The number of rotatable bonds is 12. The molecule has 0 bridgehead atoms. The van der Waals surface area contributed by atoms with Crippen molar-refractivity contribution >= 4 is 41.3 Å². The molecular formula is C27H34N2O4Sn. The number of hydrogen-bond donors (Lipinski definition) is 2. The number of carboxylic acid groups (broad SMARTS) is 1. The second-order valence-electron chi connectivity index (χ2n) is 8.53. The summed E-state index contributed by atoms with van der Waals surface area (Å²) in [6.07, 6.45) is 7.80.